The molecule has 0 unspecified atom stereocenters. The molecule has 0 spiro atoms. The van der Waals surface area contributed by atoms with E-state index in [1.165, 1.54) is 24.3 Å². The fourth-order valence-electron chi connectivity index (χ4n) is 3.44. The van der Waals surface area contributed by atoms with Gasteiger partial charge in [0.05, 0.1) is 20.3 Å². The lowest BCUT2D eigenvalue weighted by atomic mass is 9.98. The maximum atomic E-state index is 10.9. The second-order valence-electron chi connectivity index (χ2n) is 9.20. The van der Waals surface area contributed by atoms with E-state index in [9.17, 15) is 14.4 Å². The average Bonchev–Trinajstić information content (AvgIpc) is 3.02. The number of benzene rings is 2. The van der Waals surface area contributed by atoms with Crippen LogP contribution in [0.1, 0.15) is 72.9 Å². The van der Waals surface area contributed by atoms with E-state index in [1.54, 1.807) is 18.7 Å². The van der Waals surface area contributed by atoms with Crippen molar-refractivity contribution < 1.29 is 23.9 Å². The van der Waals surface area contributed by atoms with Gasteiger partial charge < -0.3 is 14.4 Å². The van der Waals surface area contributed by atoms with E-state index in [0.29, 0.717) is 19.1 Å². The minimum absolute atomic E-state index is 0.146. The first kappa shape index (κ1) is 39.9. The number of ketones is 1. The van der Waals surface area contributed by atoms with Gasteiger partial charge in [-0.25, -0.2) is 4.79 Å². The molecule has 230 valence electrons. The molecule has 1 saturated heterocycles. The van der Waals surface area contributed by atoms with Crippen molar-refractivity contribution in [1.82, 2.24) is 4.90 Å². The number of amides is 1. The van der Waals surface area contributed by atoms with Crippen LogP contribution in [0, 0.1) is 11.8 Å². The summed E-state index contributed by atoms with van der Waals surface area (Å²) in [4.78, 5) is 34.3. The minimum atomic E-state index is -0.286. The SMILES string of the molecule is CC.CC.CC(=O)N1CCOCC1.CC(=O)[C@@H](C)Cc1ccccc1.COC(=O)/C=C/[C@@H](C)CCc1ccccc1. The zero-order valence-corrected chi connectivity index (χ0v) is 27.0. The maximum Gasteiger partial charge on any atom is 0.330 e. The number of nitrogens with zero attached hydrogens (tertiary/aromatic N) is 1. The van der Waals surface area contributed by atoms with E-state index in [4.69, 9.17) is 4.74 Å². The van der Waals surface area contributed by atoms with E-state index in [-0.39, 0.29) is 23.6 Å². The summed E-state index contributed by atoms with van der Waals surface area (Å²) in [6.45, 7) is 18.2. The number of hydrogen-bond donors (Lipinski definition) is 0. The Morgan fingerprint density at radius 3 is 1.76 bits per heavy atom. The summed E-state index contributed by atoms with van der Waals surface area (Å²) < 4.78 is 9.59. The highest BCUT2D eigenvalue weighted by atomic mass is 16.5. The Hall–Kier alpha value is -3.25. The Morgan fingerprint density at radius 2 is 1.34 bits per heavy atom. The molecule has 0 radical (unpaired) electrons. The molecule has 0 N–H and O–H groups in total. The van der Waals surface area contributed by atoms with Crippen molar-refractivity contribution in [3.05, 3.63) is 83.9 Å². The zero-order valence-electron chi connectivity index (χ0n) is 27.0. The first-order valence-electron chi connectivity index (χ1n) is 14.9. The summed E-state index contributed by atoms with van der Waals surface area (Å²) in [7, 11) is 1.39. The lowest BCUT2D eigenvalue weighted by molar-refractivity contribution is -0.135. The Labute approximate surface area is 250 Å². The minimum Gasteiger partial charge on any atom is -0.466 e. The maximum absolute atomic E-state index is 10.9. The van der Waals surface area contributed by atoms with Crippen LogP contribution in [0.15, 0.2) is 72.8 Å². The highest BCUT2D eigenvalue weighted by molar-refractivity contribution is 5.81. The number of hydrogen-bond acceptors (Lipinski definition) is 5. The molecule has 1 fully saturated rings. The lowest BCUT2D eigenvalue weighted by Crippen LogP contribution is -2.39. The molecule has 1 aliphatic heterocycles. The number of methoxy groups -OCH3 is 1. The topological polar surface area (TPSA) is 72.9 Å². The van der Waals surface area contributed by atoms with Gasteiger partial charge in [-0.05, 0) is 43.2 Å². The quantitative estimate of drug-likeness (QED) is 0.245. The molecule has 1 amide bonds. The van der Waals surface area contributed by atoms with Crippen molar-refractivity contribution in [2.24, 2.45) is 11.8 Å². The first-order chi connectivity index (χ1) is 19.7. The van der Waals surface area contributed by atoms with E-state index in [2.05, 4.69) is 35.9 Å². The van der Waals surface area contributed by atoms with Crippen molar-refractivity contribution in [2.45, 2.75) is 74.7 Å². The van der Waals surface area contributed by atoms with Gasteiger partial charge in [-0.1, -0.05) is 108 Å². The molecule has 3 rings (SSSR count). The molecule has 6 nitrogen and oxygen atoms in total. The lowest BCUT2D eigenvalue weighted by Gasteiger charge is -2.25. The van der Waals surface area contributed by atoms with Crippen LogP contribution in [0.4, 0.5) is 0 Å². The van der Waals surface area contributed by atoms with Crippen molar-refractivity contribution in [3.63, 3.8) is 0 Å². The van der Waals surface area contributed by atoms with Crippen LogP contribution in [0.3, 0.4) is 0 Å². The van der Waals surface area contributed by atoms with Crippen LogP contribution >= 0.6 is 0 Å². The second-order valence-corrected chi connectivity index (χ2v) is 9.20. The van der Waals surface area contributed by atoms with Crippen molar-refractivity contribution in [2.75, 3.05) is 33.4 Å². The van der Waals surface area contributed by atoms with Gasteiger partial charge in [-0.15, -0.1) is 0 Å². The molecule has 0 saturated carbocycles. The van der Waals surface area contributed by atoms with Crippen LogP contribution in [-0.2, 0) is 36.7 Å². The number of Topliss-reactive ketones (excluding diaryl/α,β-unsaturated/α-hetero) is 1. The molecule has 2 aromatic rings. The predicted molar refractivity (Wildman–Crippen MR) is 171 cm³/mol. The number of ether oxygens (including phenoxy) is 2. The van der Waals surface area contributed by atoms with Crippen LogP contribution in [0.25, 0.3) is 0 Å². The molecule has 1 aliphatic rings. The van der Waals surface area contributed by atoms with Crippen molar-refractivity contribution >= 4 is 17.7 Å². The second kappa shape index (κ2) is 26.9. The van der Waals surface area contributed by atoms with Crippen LogP contribution in [-0.4, -0.2) is 56.0 Å². The van der Waals surface area contributed by atoms with Gasteiger partial charge in [0.2, 0.25) is 5.91 Å². The molecular weight excluding hydrogens is 514 g/mol. The molecule has 2 atom stereocenters. The van der Waals surface area contributed by atoms with Gasteiger partial charge in [-0.2, -0.15) is 0 Å². The van der Waals surface area contributed by atoms with Crippen LogP contribution in [0.2, 0.25) is 0 Å². The fourth-order valence-corrected chi connectivity index (χ4v) is 3.44. The monoisotopic (exact) mass is 569 g/mol. The third kappa shape index (κ3) is 22.2. The number of carbonyl (C=O) groups excluding carboxylic acids is 3. The van der Waals surface area contributed by atoms with Crippen LogP contribution < -0.4 is 0 Å². The van der Waals surface area contributed by atoms with Gasteiger partial charge in [-0.3, -0.25) is 9.59 Å². The van der Waals surface area contributed by atoms with Gasteiger partial charge in [0, 0.05) is 32.0 Å². The summed E-state index contributed by atoms with van der Waals surface area (Å²) in [5.74, 6) is 0.662. The summed E-state index contributed by atoms with van der Waals surface area (Å²) in [6.07, 6.45) is 6.33. The number of rotatable bonds is 8. The molecule has 2 aromatic carbocycles. The van der Waals surface area contributed by atoms with Crippen molar-refractivity contribution in [3.8, 4) is 0 Å². The Balaban J connectivity index is 0. The van der Waals surface area contributed by atoms with E-state index in [0.717, 1.165) is 32.4 Å². The summed E-state index contributed by atoms with van der Waals surface area (Å²) >= 11 is 0. The third-order valence-corrected chi connectivity index (χ3v) is 6.03. The molecular formula is C35H55NO5. The smallest absolute Gasteiger partial charge is 0.330 e. The third-order valence-electron chi connectivity index (χ3n) is 6.03. The van der Waals surface area contributed by atoms with E-state index in [1.807, 2.05) is 77.1 Å². The van der Waals surface area contributed by atoms with Crippen molar-refractivity contribution in [1.29, 1.82) is 0 Å². The first-order valence-corrected chi connectivity index (χ1v) is 14.9. The Bertz CT molecular complexity index is 938. The highest BCUT2D eigenvalue weighted by Gasteiger charge is 2.11. The van der Waals surface area contributed by atoms with Gasteiger partial charge in [0.1, 0.15) is 5.78 Å². The number of allylic oxidation sites excluding steroid dienone is 1. The number of esters is 1. The zero-order chi connectivity index (χ0) is 31.5. The molecule has 1 heterocycles. The van der Waals surface area contributed by atoms with Gasteiger partial charge in [0.15, 0.2) is 0 Å². The summed E-state index contributed by atoms with van der Waals surface area (Å²) in [5.41, 5.74) is 2.57. The average molecular weight is 570 g/mol. The predicted octanol–water partition coefficient (Wildman–Crippen LogP) is 7.36. The van der Waals surface area contributed by atoms with Gasteiger partial charge in [0.25, 0.3) is 0 Å². The van der Waals surface area contributed by atoms with E-state index >= 15 is 0 Å². The van der Waals surface area contributed by atoms with Crippen LogP contribution in [0.5, 0.6) is 0 Å². The van der Waals surface area contributed by atoms with Gasteiger partial charge >= 0.3 is 5.97 Å². The standard InChI is InChI=1S/C14H18O2.C11H14O.C6H11NO2.2C2H6/c1-12(9-11-14(15)16-2)8-10-13-6-4-3-5-7-13;1-9(10(2)12)8-11-6-4-3-5-7-11;1-6(8)7-2-4-9-5-3-7;2*1-2/h3-7,9,11-12H,8,10H2,1-2H3;3-7,9H,8H2,1-2H3;2-5H2,1H3;2*1-2H3/b11-9+;;;;/t12-;9-;;;/m00.../s1. The normalized spacial score (nSPS) is 13.2. The molecule has 41 heavy (non-hydrogen) atoms. The summed E-state index contributed by atoms with van der Waals surface area (Å²) in [6, 6.07) is 20.5. The molecule has 6 heteroatoms. The molecule has 0 bridgehead atoms. The molecule has 0 aromatic heterocycles. The fraction of sp³-hybridized carbons (Fsp3) is 0.514. The number of carbonyl (C=O) groups is 3. The molecule has 0 aliphatic carbocycles. The number of morpholine rings is 1. The summed E-state index contributed by atoms with van der Waals surface area (Å²) in [5, 5.41) is 0. The Morgan fingerprint density at radius 1 is 0.854 bits per heavy atom. The van der Waals surface area contributed by atoms with E-state index < -0.39 is 0 Å². The Kier molecular flexibility index (Phi) is 26.2. The highest BCUT2D eigenvalue weighted by Crippen LogP contribution is 2.10. The largest absolute Gasteiger partial charge is 0.466 e. The number of aryl methyl sites for hydroxylation is 1.